The number of phosphoric acid groups is 1. The van der Waals surface area contributed by atoms with Crippen molar-refractivity contribution < 1.29 is 56.3 Å². The fourth-order valence-electron chi connectivity index (χ4n) is 7.11. The van der Waals surface area contributed by atoms with Crippen LogP contribution in [0.2, 0.25) is 0 Å². The normalized spacial score (nSPS) is 13.6. The van der Waals surface area contributed by atoms with E-state index in [0.717, 1.165) is 132 Å². The number of phosphoric ester groups is 1. The van der Waals surface area contributed by atoms with Gasteiger partial charge in [-0.2, -0.15) is 0 Å². The smallest absolute Gasteiger partial charge is 0.472 e. The molecule has 0 amide bonds. The average molecular weight is 868 g/mol. The van der Waals surface area contributed by atoms with Crippen LogP contribution in [0.1, 0.15) is 188 Å². The summed E-state index contributed by atoms with van der Waals surface area (Å²) >= 11 is 0. The van der Waals surface area contributed by atoms with Crippen LogP contribution in [0.25, 0.3) is 0 Å². The molecule has 2 rings (SSSR count). The predicted octanol–water partition coefficient (Wildman–Crippen LogP) is 10.8. The number of ether oxygens (including phenoxy) is 2. The summed E-state index contributed by atoms with van der Waals surface area (Å²) < 4.78 is 45.2. The Hall–Kier alpha value is -2.96. The van der Waals surface area contributed by atoms with Crippen LogP contribution in [0.3, 0.4) is 0 Å². The maximum atomic E-state index is 12.7. The summed E-state index contributed by atoms with van der Waals surface area (Å²) in [5.74, 6) is 2.05. The number of rotatable bonds is 36. The Balaban J connectivity index is 1.67. The summed E-state index contributed by atoms with van der Waals surface area (Å²) in [6, 6.07) is -1.53. The molecule has 3 atom stereocenters. The third-order valence-electron chi connectivity index (χ3n) is 11.2. The van der Waals surface area contributed by atoms with Crippen molar-refractivity contribution in [1.29, 1.82) is 0 Å². The molecule has 2 aromatic heterocycles. The van der Waals surface area contributed by atoms with Gasteiger partial charge in [0, 0.05) is 38.5 Å². The molecule has 0 spiro atoms. The van der Waals surface area contributed by atoms with Crippen molar-refractivity contribution in [3.05, 3.63) is 45.3 Å². The molecule has 0 fully saturated rings. The molecule has 2 heterocycles. The molecular formula is C46H78NO12P. The number of esters is 2. The number of carbonyl (C=O) groups is 3. The third kappa shape index (κ3) is 21.7. The molecule has 2 aromatic rings. The highest BCUT2D eigenvalue weighted by atomic mass is 31.2. The Morgan fingerprint density at radius 2 is 0.967 bits per heavy atom. The Morgan fingerprint density at radius 3 is 1.42 bits per heavy atom. The van der Waals surface area contributed by atoms with Crippen molar-refractivity contribution in [1.82, 2.24) is 0 Å². The van der Waals surface area contributed by atoms with E-state index < -0.39 is 51.1 Å². The number of carboxylic acid groups (broad SMARTS) is 1. The van der Waals surface area contributed by atoms with Crippen LogP contribution in [-0.4, -0.2) is 59.9 Å². The molecule has 60 heavy (non-hydrogen) atoms. The standard InChI is InChI=1S/C46H78NO12P/c1-7-9-20-26-41-36(5)37(6)43(59-41)28-21-16-12-10-11-13-19-24-30-45(49)57-38(32-55-60(52,53)56-33-39(47)46(50)51)31-54-44(48)29-23-18-15-14-17-22-27-42-35(4)34(3)40(58-42)25-8-2/h38-39H,7-33,47H2,1-6H3,(H,50,51)(H,52,53). The second-order valence-electron chi connectivity index (χ2n) is 16.4. The summed E-state index contributed by atoms with van der Waals surface area (Å²) in [7, 11) is -4.74. The first-order chi connectivity index (χ1) is 28.7. The second kappa shape index (κ2) is 30.1. The molecule has 0 aliphatic carbocycles. The number of hydrogen-bond acceptors (Lipinski definition) is 11. The summed E-state index contributed by atoms with van der Waals surface area (Å²) in [4.78, 5) is 46.3. The lowest BCUT2D eigenvalue weighted by Gasteiger charge is -2.20. The number of unbranched alkanes of at least 4 members (excludes halogenated alkanes) is 14. The number of aliphatic carboxylic acids is 1. The fourth-order valence-corrected chi connectivity index (χ4v) is 7.89. The van der Waals surface area contributed by atoms with E-state index in [0.29, 0.717) is 12.8 Å². The zero-order valence-electron chi connectivity index (χ0n) is 37.7. The maximum Gasteiger partial charge on any atom is 0.472 e. The van der Waals surface area contributed by atoms with Crippen molar-refractivity contribution in [2.75, 3.05) is 19.8 Å². The van der Waals surface area contributed by atoms with Crippen LogP contribution in [0.15, 0.2) is 8.83 Å². The Kier molecular flexibility index (Phi) is 26.7. The summed E-state index contributed by atoms with van der Waals surface area (Å²) in [6.45, 7) is 11.2. The number of aryl methyl sites for hydroxylation is 4. The van der Waals surface area contributed by atoms with E-state index in [9.17, 15) is 23.8 Å². The number of nitrogens with two attached hydrogens (primary N) is 1. The minimum atomic E-state index is -4.74. The van der Waals surface area contributed by atoms with Gasteiger partial charge in [0.15, 0.2) is 6.10 Å². The lowest BCUT2D eigenvalue weighted by atomic mass is 10.0. The van der Waals surface area contributed by atoms with Gasteiger partial charge in [-0.15, -0.1) is 0 Å². The molecule has 0 saturated heterocycles. The first-order valence-electron chi connectivity index (χ1n) is 22.8. The molecule has 0 aliphatic heterocycles. The highest BCUT2D eigenvalue weighted by molar-refractivity contribution is 7.47. The molecule has 0 bridgehead atoms. The van der Waals surface area contributed by atoms with Crippen LogP contribution in [-0.2, 0) is 63.2 Å². The van der Waals surface area contributed by atoms with Crippen molar-refractivity contribution in [2.24, 2.45) is 5.73 Å². The van der Waals surface area contributed by atoms with Gasteiger partial charge in [-0.3, -0.25) is 23.4 Å². The summed E-state index contributed by atoms with van der Waals surface area (Å²) in [5.41, 5.74) is 10.5. The molecule has 3 unspecified atom stereocenters. The van der Waals surface area contributed by atoms with Gasteiger partial charge in [0.1, 0.15) is 35.7 Å². The molecule has 0 aromatic carbocycles. The predicted molar refractivity (Wildman–Crippen MR) is 233 cm³/mol. The molecule has 4 N–H and O–H groups in total. The van der Waals surface area contributed by atoms with Crippen molar-refractivity contribution in [3.8, 4) is 0 Å². The Bertz CT molecular complexity index is 1580. The quantitative estimate of drug-likeness (QED) is 0.0332. The fraction of sp³-hybridized carbons (Fsp3) is 0.761. The minimum Gasteiger partial charge on any atom is -0.480 e. The van der Waals surface area contributed by atoms with E-state index >= 15 is 0 Å². The maximum absolute atomic E-state index is 12.7. The summed E-state index contributed by atoms with van der Waals surface area (Å²) in [6.07, 6.45) is 21.5. The van der Waals surface area contributed by atoms with Crippen LogP contribution in [0.4, 0.5) is 0 Å². The highest BCUT2D eigenvalue weighted by Gasteiger charge is 2.28. The monoisotopic (exact) mass is 868 g/mol. The largest absolute Gasteiger partial charge is 0.480 e. The first-order valence-corrected chi connectivity index (χ1v) is 24.3. The molecular weight excluding hydrogens is 789 g/mol. The van der Waals surface area contributed by atoms with E-state index in [2.05, 4.69) is 46.1 Å². The summed E-state index contributed by atoms with van der Waals surface area (Å²) in [5, 5.41) is 8.92. The number of carbonyl (C=O) groups excluding carboxylic acids is 2. The zero-order valence-corrected chi connectivity index (χ0v) is 38.6. The van der Waals surface area contributed by atoms with E-state index in [1.165, 1.54) is 41.5 Å². The van der Waals surface area contributed by atoms with Crippen molar-refractivity contribution in [3.63, 3.8) is 0 Å². The molecule has 0 aliphatic rings. The van der Waals surface area contributed by atoms with Crippen LogP contribution in [0, 0.1) is 27.7 Å². The number of hydrogen-bond donors (Lipinski definition) is 3. The Labute approximate surface area is 359 Å². The van der Waals surface area contributed by atoms with Gasteiger partial charge >= 0.3 is 25.7 Å². The second-order valence-corrected chi connectivity index (χ2v) is 17.8. The van der Waals surface area contributed by atoms with Gasteiger partial charge in [-0.25, -0.2) is 4.57 Å². The number of furan rings is 2. The van der Waals surface area contributed by atoms with Gasteiger partial charge in [0.25, 0.3) is 0 Å². The van der Waals surface area contributed by atoms with Crippen molar-refractivity contribution in [2.45, 2.75) is 208 Å². The van der Waals surface area contributed by atoms with Gasteiger partial charge < -0.3 is 34.0 Å². The molecule has 13 nitrogen and oxygen atoms in total. The topological polar surface area (TPSA) is 198 Å². The van der Waals surface area contributed by atoms with Crippen LogP contribution < -0.4 is 5.73 Å². The van der Waals surface area contributed by atoms with E-state index in [4.69, 9.17) is 33.7 Å². The molecule has 14 heteroatoms. The van der Waals surface area contributed by atoms with Gasteiger partial charge in [-0.1, -0.05) is 90.9 Å². The third-order valence-corrected chi connectivity index (χ3v) is 12.2. The van der Waals surface area contributed by atoms with E-state index in [1.807, 2.05) is 0 Å². The van der Waals surface area contributed by atoms with Gasteiger partial charge in [0.2, 0.25) is 0 Å². The minimum absolute atomic E-state index is 0.133. The average Bonchev–Trinajstić information content (AvgIpc) is 3.64. The molecule has 0 radical (unpaired) electrons. The van der Waals surface area contributed by atoms with E-state index in [1.54, 1.807) is 0 Å². The van der Waals surface area contributed by atoms with Gasteiger partial charge in [0.05, 0.1) is 13.2 Å². The van der Waals surface area contributed by atoms with Crippen molar-refractivity contribution >= 4 is 25.7 Å². The zero-order chi connectivity index (χ0) is 44.3. The van der Waals surface area contributed by atoms with E-state index in [-0.39, 0.29) is 19.4 Å². The van der Waals surface area contributed by atoms with Crippen LogP contribution >= 0.6 is 7.82 Å². The molecule has 344 valence electrons. The molecule has 0 saturated carbocycles. The lowest BCUT2D eigenvalue weighted by Crippen LogP contribution is -2.34. The first kappa shape index (κ1) is 53.2. The lowest BCUT2D eigenvalue weighted by molar-refractivity contribution is -0.161. The highest BCUT2D eigenvalue weighted by Crippen LogP contribution is 2.43. The van der Waals surface area contributed by atoms with Crippen LogP contribution in [0.5, 0.6) is 0 Å². The SMILES string of the molecule is CCCCCc1oc(CCCCCCCCCCC(=O)OC(COC(=O)CCCCCCCCc2oc(CCC)c(C)c2C)COP(=O)(O)OCC(N)C(=O)O)c(C)c1C. The Morgan fingerprint density at radius 1 is 0.567 bits per heavy atom. The van der Waals surface area contributed by atoms with Gasteiger partial charge in [-0.05, 0) is 88.5 Å². The number of carboxylic acids is 1.